The van der Waals surface area contributed by atoms with Gasteiger partial charge in [0.25, 0.3) is 5.91 Å². The smallest absolute Gasteiger partial charge is 0.315 e. The Hall–Kier alpha value is -2.74. The molecule has 6 aliphatic rings. The number of carbonyl (C=O) groups is 5. The van der Waals surface area contributed by atoms with Crippen molar-refractivity contribution in [2.24, 2.45) is 28.6 Å². The van der Waals surface area contributed by atoms with E-state index in [1.807, 2.05) is 6.92 Å². The first-order valence-corrected chi connectivity index (χ1v) is 21.9. The van der Waals surface area contributed by atoms with Crippen LogP contribution < -0.4 is 21.3 Å². The third-order valence-electron chi connectivity index (χ3n) is 14.1. The van der Waals surface area contributed by atoms with Crippen molar-refractivity contribution in [1.29, 1.82) is 0 Å². The summed E-state index contributed by atoms with van der Waals surface area (Å²) in [4.78, 5) is 71.5. The number of piperidine rings is 1. The minimum atomic E-state index is -3.71. The van der Waals surface area contributed by atoms with E-state index in [-0.39, 0.29) is 29.2 Å². The maximum Gasteiger partial charge on any atom is 0.315 e. The third-order valence-corrected chi connectivity index (χ3v) is 16.5. The summed E-state index contributed by atoms with van der Waals surface area (Å²) >= 11 is 0. The zero-order valence-corrected chi connectivity index (χ0v) is 33.6. The average Bonchev–Trinajstić information content (AvgIpc) is 4.08. The van der Waals surface area contributed by atoms with Crippen LogP contribution in [0.3, 0.4) is 0 Å². The van der Waals surface area contributed by atoms with Crippen LogP contribution in [0.1, 0.15) is 130 Å². The Morgan fingerprint density at radius 1 is 0.849 bits per heavy atom. The molecule has 0 aromatic carbocycles. The fraction of sp³-hybridized carbons (Fsp3) is 0.872. The van der Waals surface area contributed by atoms with Crippen LogP contribution in [0, 0.1) is 28.6 Å². The van der Waals surface area contributed by atoms with Crippen LogP contribution in [0.4, 0.5) is 4.79 Å². The number of hydrogen-bond donors (Lipinski definition) is 4. The molecule has 0 aromatic rings. The SMILES string of the molecule is C[C@@H](C1(NC(=O)N[C@H](C(=O)N2C[C@H]3[C@@H]([C@H]2C(=O)N[C@@H](CCC2CC2)C(=O)C(=O)NC2CC2)C3(C)C)C2(C)CCCCC2)CCCCC1)S(=O)(=O)N(C)C. The Morgan fingerprint density at radius 3 is 2.02 bits per heavy atom. The predicted octanol–water partition coefficient (Wildman–Crippen LogP) is 3.61. The number of urea groups is 1. The molecule has 1 saturated heterocycles. The molecule has 5 aliphatic carbocycles. The number of Topliss-reactive ketones (excluding diaryl/α,β-unsaturated/α-hetero) is 1. The van der Waals surface area contributed by atoms with Gasteiger partial charge in [-0.1, -0.05) is 72.1 Å². The van der Waals surface area contributed by atoms with E-state index in [9.17, 15) is 32.4 Å². The lowest BCUT2D eigenvalue weighted by Gasteiger charge is -2.45. The number of sulfonamides is 1. The predicted molar refractivity (Wildman–Crippen MR) is 201 cm³/mol. The number of amides is 5. The van der Waals surface area contributed by atoms with Crippen LogP contribution in [0.5, 0.6) is 0 Å². The Labute approximate surface area is 316 Å². The largest absolute Gasteiger partial charge is 0.347 e. The van der Waals surface area contributed by atoms with Crippen LogP contribution in [0.2, 0.25) is 0 Å². The highest BCUT2D eigenvalue weighted by atomic mass is 32.2. The van der Waals surface area contributed by atoms with Gasteiger partial charge in [0.15, 0.2) is 0 Å². The second-order valence-corrected chi connectivity index (χ2v) is 21.0. The Morgan fingerprint density at radius 2 is 1.45 bits per heavy atom. The molecule has 14 heteroatoms. The maximum absolute atomic E-state index is 15.0. The summed E-state index contributed by atoms with van der Waals surface area (Å²) in [7, 11) is -0.701. The molecule has 0 spiro atoms. The van der Waals surface area contributed by atoms with Gasteiger partial charge >= 0.3 is 6.03 Å². The maximum atomic E-state index is 15.0. The average molecular weight is 761 g/mol. The minimum absolute atomic E-state index is 0.0126. The zero-order valence-electron chi connectivity index (χ0n) is 32.8. The van der Waals surface area contributed by atoms with E-state index in [2.05, 4.69) is 35.1 Å². The van der Waals surface area contributed by atoms with Gasteiger partial charge in [0.2, 0.25) is 27.6 Å². The number of nitrogens with one attached hydrogen (secondary N) is 4. The normalized spacial score (nSPS) is 28.9. The molecule has 6 fully saturated rings. The molecule has 0 bridgehead atoms. The van der Waals surface area contributed by atoms with Crippen LogP contribution in [-0.4, -0.2) is 103 Å². The van der Waals surface area contributed by atoms with Gasteiger partial charge in [-0.15, -0.1) is 0 Å². The van der Waals surface area contributed by atoms with E-state index in [1.165, 1.54) is 18.4 Å². The highest BCUT2D eigenvalue weighted by Gasteiger charge is 2.70. The van der Waals surface area contributed by atoms with Gasteiger partial charge in [-0.05, 0) is 86.9 Å². The first-order chi connectivity index (χ1) is 24.9. The molecule has 0 radical (unpaired) electrons. The number of hydrogen-bond acceptors (Lipinski definition) is 7. The van der Waals surface area contributed by atoms with Crippen LogP contribution >= 0.6 is 0 Å². The van der Waals surface area contributed by atoms with Crippen molar-refractivity contribution in [1.82, 2.24) is 30.5 Å². The van der Waals surface area contributed by atoms with Gasteiger partial charge < -0.3 is 26.2 Å². The van der Waals surface area contributed by atoms with E-state index < -0.39 is 68.0 Å². The summed E-state index contributed by atoms with van der Waals surface area (Å²) < 4.78 is 28.0. The molecule has 298 valence electrons. The number of nitrogens with zero attached hydrogens (tertiary/aromatic N) is 2. The molecule has 6 rings (SSSR count). The van der Waals surface area contributed by atoms with Crippen molar-refractivity contribution >= 4 is 39.6 Å². The van der Waals surface area contributed by atoms with Crippen LogP contribution in [0.25, 0.3) is 0 Å². The minimum Gasteiger partial charge on any atom is -0.347 e. The first kappa shape index (κ1) is 39.9. The number of fused-ring (bicyclic) bond motifs is 1. The molecule has 1 heterocycles. The molecular formula is C39H64N6O7S. The summed E-state index contributed by atoms with van der Waals surface area (Å²) in [5, 5.41) is 11.0. The number of carbonyl (C=O) groups excluding carboxylic acids is 5. The third kappa shape index (κ3) is 8.28. The quantitative estimate of drug-likeness (QED) is 0.185. The van der Waals surface area contributed by atoms with Crippen molar-refractivity contribution in [3.05, 3.63) is 0 Å². The van der Waals surface area contributed by atoms with Gasteiger partial charge in [-0.2, -0.15) is 0 Å². The van der Waals surface area contributed by atoms with Crippen molar-refractivity contribution in [2.45, 2.75) is 165 Å². The first-order valence-electron chi connectivity index (χ1n) is 20.4. The fourth-order valence-corrected chi connectivity index (χ4v) is 11.4. The van der Waals surface area contributed by atoms with Crippen molar-refractivity contribution < 1.29 is 32.4 Å². The summed E-state index contributed by atoms with van der Waals surface area (Å²) in [5.74, 6) is -1.60. The van der Waals surface area contributed by atoms with Gasteiger partial charge in [-0.25, -0.2) is 17.5 Å². The molecule has 0 unspecified atom stereocenters. The van der Waals surface area contributed by atoms with Gasteiger partial charge in [0, 0.05) is 26.7 Å². The number of rotatable bonds is 15. The van der Waals surface area contributed by atoms with Gasteiger partial charge in [0.1, 0.15) is 12.1 Å². The monoisotopic (exact) mass is 760 g/mol. The molecule has 1 aliphatic heterocycles. The van der Waals surface area contributed by atoms with Crippen molar-refractivity contribution in [2.75, 3.05) is 20.6 Å². The van der Waals surface area contributed by atoms with E-state index >= 15 is 0 Å². The fourth-order valence-electron chi connectivity index (χ4n) is 9.95. The lowest BCUT2D eigenvalue weighted by atomic mass is 9.70. The van der Waals surface area contributed by atoms with Crippen molar-refractivity contribution in [3.63, 3.8) is 0 Å². The Bertz CT molecular complexity index is 1540. The van der Waals surface area contributed by atoms with Gasteiger partial charge in [-0.3, -0.25) is 19.2 Å². The Kier molecular flexibility index (Phi) is 11.4. The molecule has 4 N–H and O–H groups in total. The summed E-state index contributed by atoms with van der Waals surface area (Å²) in [5.41, 5.74) is -1.77. The highest BCUT2D eigenvalue weighted by Crippen LogP contribution is 2.65. The lowest BCUT2D eigenvalue weighted by molar-refractivity contribution is -0.146. The number of likely N-dealkylation sites (tertiary alicyclic amines) is 1. The van der Waals surface area contributed by atoms with E-state index in [1.54, 1.807) is 11.8 Å². The molecule has 6 atom stereocenters. The Balaban J connectivity index is 1.24. The summed E-state index contributed by atoms with van der Waals surface area (Å²) in [6.45, 7) is 8.25. The number of ketones is 1. The highest BCUT2D eigenvalue weighted by molar-refractivity contribution is 7.89. The topological polar surface area (TPSA) is 174 Å². The van der Waals surface area contributed by atoms with E-state index in [0.29, 0.717) is 31.7 Å². The molecule has 0 aromatic heterocycles. The van der Waals surface area contributed by atoms with Crippen LogP contribution in [0.15, 0.2) is 0 Å². The lowest BCUT2D eigenvalue weighted by Crippen LogP contribution is -2.66. The second-order valence-electron chi connectivity index (χ2n) is 18.5. The van der Waals surface area contributed by atoms with Gasteiger partial charge in [0.05, 0.1) is 16.8 Å². The van der Waals surface area contributed by atoms with E-state index in [4.69, 9.17) is 0 Å². The molecule has 53 heavy (non-hydrogen) atoms. The van der Waals surface area contributed by atoms with Crippen LogP contribution in [-0.2, 0) is 29.2 Å². The zero-order chi connectivity index (χ0) is 38.5. The summed E-state index contributed by atoms with van der Waals surface area (Å²) in [6, 6.07) is -3.33. The molecule has 5 amide bonds. The molecule has 5 saturated carbocycles. The second kappa shape index (κ2) is 15.1. The standard InChI is InChI=1S/C39H64N6O7S/c1-24(53(51,52)44(5)6)39(21-11-8-12-22-39)43-36(50)42-32(38(4)19-9-7-10-20-38)35(49)45-23-27-29(37(27,2)3)30(45)33(47)41-28(18-15-25-13-14-25)31(46)34(48)40-26-16-17-26/h24-30,32H,7-23H2,1-6H3,(H,40,48)(H,41,47)(H2,42,43,50)/t24-,27-,28-,29-,30-,32+/m0/s1. The molecular weight excluding hydrogens is 697 g/mol. The molecule has 13 nitrogen and oxygen atoms in total. The van der Waals surface area contributed by atoms with Crippen molar-refractivity contribution in [3.8, 4) is 0 Å². The van der Waals surface area contributed by atoms with E-state index in [0.717, 1.165) is 83.5 Å². The summed E-state index contributed by atoms with van der Waals surface area (Å²) in [6.07, 6.45) is 12.8.